The summed E-state index contributed by atoms with van der Waals surface area (Å²) in [5.41, 5.74) is 8.97. The summed E-state index contributed by atoms with van der Waals surface area (Å²) in [5.74, 6) is 1.25. The van der Waals surface area contributed by atoms with Crippen LogP contribution in [0.15, 0.2) is 64.1 Å². The van der Waals surface area contributed by atoms with Crippen molar-refractivity contribution in [2.75, 3.05) is 5.43 Å². The molecule has 0 saturated heterocycles. The molecule has 2 heterocycles. The van der Waals surface area contributed by atoms with E-state index in [0.717, 1.165) is 39.0 Å². The van der Waals surface area contributed by atoms with Crippen molar-refractivity contribution in [2.45, 2.75) is 27.7 Å². The van der Waals surface area contributed by atoms with E-state index in [2.05, 4.69) is 46.5 Å². The molecule has 0 saturated carbocycles. The minimum atomic E-state index is 0.483. The van der Waals surface area contributed by atoms with E-state index in [0.29, 0.717) is 5.95 Å². The first-order valence-corrected chi connectivity index (χ1v) is 9.22. The molecule has 0 aliphatic heterocycles. The maximum Gasteiger partial charge on any atom is 0.243 e. The van der Waals surface area contributed by atoms with Gasteiger partial charge in [0.25, 0.3) is 0 Å². The maximum absolute atomic E-state index is 6.20. The molecule has 0 atom stereocenters. The topological polar surface area (TPSA) is 63.3 Å². The van der Waals surface area contributed by atoms with Crippen LogP contribution in [-0.2, 0) is 0 Å². The lowest BCUT2D eigenvalue weighted by atomic mass is 10.1. The first-order valence-electron chi connectivity index (χ1n) is 9.22. The number of benzene rings is 2. The molecule has 4 rings (SSSR count). The van der Waals surface area contributed by atoms with Crippen molar-refractivity contribution < 1.29 is 4.42 Å². The summed E-state index contributed by atoms with van der Waals surface area (Å²) < 4.78 is 6.20. The number of anilines is 1. The van der Waals surface area contributed by atoms with Crippen molar-refractivity contribution in [3.8, 4) is 11.3 Å². The van der Waals surface area contributed by atoms with Gasteiger partial charge in [-0.25, -0.2) is 15.4 Å². The normalized spacial score (nSPS) is 11.8. The quantitative estimate of drug-likeness (QED) is 0.513. The Hall–Kier alpha value is -3.47. The van der Waals surface area contributed by atoms with E-state index in [1.165, 1.54) is 11.1 Å². The molecule has 2 aromatic carbocycles. The van der Waals surface area contributed by atoms with Crippen molar-refractivity contribution in [2.24, 2.45) is 5.10 Å². The van der Waals surface area contributed by atoms with E-state index < -0.39 is 0 Å². The van der Waals surface area contributed by atoms with Gasteiger partial charge in [-0.1, -0.05) is 30.3 Å². The molecule has 0 aliphatic rings. The monoisotopic (exact) mass is 370 g/mol. The van der Waals surface area contributed by atoms with Gasteiger partial charge in [-0.2, -0.15) is 5.10 Å². The van der Waals surface area contributed by atoms with Crippen molar-refractivity contribution in [3.63, 3.8) is 0 Å². The van der Waals surface area contributed by atoms with Crippen molar-refractivity contribution >= 4 is 16.9 Å². The lowest BCUT2D eigenvalue weighted by Gasteiger charge is -2.08. The summed E-state index contributed by atoms with van der Waals surface area (Å²) in [6.45, 7) is 8.05. The number of rotatable bonds is 3. The Balaban J connectivity index is 1.90. The van der Waals surface area contributed by atoms with Crippen LogP contribution in [0.4, 0.5) is 5.95 Å². The predicted octanol–water partition coefficient (Wildman–Crippen LogP) is 5.05. The van der Waals surface area contributed by atoms with Gasteiger partial charge in [0.1, 0.15) is 11.3 Å². The van der Waals surface area contributed by atoms with Gasteiger partial charge in [0.05, 0.1) is 5.36 Å². The highest BCUT2D eigenvalue weighted by Crippen LogP contribution is 2.24. The molecule has 0 radical (unpaired) electrons. The lowest BCUT2D eigenvalue weighted by Crippen LogP contribution is -2.09. The van der Waals surface area contributed by atoms with Gasteiger partial charge in [0.15, 0.2) is 0 Å². The van der Waals surface area contributed by atoms with Crippen LogP contribution in [0.25, 0.3) is 22.3 Å². The average Bonchev–Trinajstić information content (AvgIpc) is 2.67. The Morgan fingerprint density at radius 2 is 1.50 bits per heavy atom. The third-order valence-electron chi connectivity index (χ3n) is 4.68. The first-order chi connectivity index (χ1) is 13.5. The molecule has 4 aromatic rings. The Bertz CT molecular complexity index is 1210. The molecule has 0 amide bonds. The smallest absolute Gasteiger partial charge is 0.243 e. The van der Waals surface area contributed by atoms with Gasteiger partial charge in [-0.15, -0.1) is 0 Å². The largest absolute Gasteiger partial charge is 0.456 e. The number of hydrogen-bond acceptors (Lipinski definition) is 5. The molecule has 2 aromatic heterocycles. The number of fused-ring (bicyclic) bond motifs is 1. The third kappa shape index (κ3) is 3.64. The third-order valence-corrected chi connectivity index (χ3v) is 4.68. The Kier molecular flexibility index (Phi) is 4.65. The number of aryl methyl sites for hydroxylation is 4. The second kappa shape index (κ2) is 7.27. The van der Waals surface area contributed by atoms with Crippen molar-refractivity contribution in [1.82, 2.24) is 9.97 Å². The van der Waals surface area contributed by atoms with Crippen LogP contribution >= 0.6 is 0 Å². The van der Waals surface area contributed by atoms with Gasteiger partial charge in [-0.3, -0.25) is 0 Å². The van der Waals surface area contributed by atoms with Gasteiger partial charge >= 0.3 is 0 Å². The van der Waals surface area contributed by atoms with Gasteiger partial charge in [-0.05, 0) is 57.0 Å². The zero-order valence-electron chi connectivity index (χ0n) is 16.4. The van der Waals surface area contributed by atoms with Crippen LogP contribution in [0.1, 0.15) is 22.5 Å². The molecule has 0 aliphatic carbocycles. The molecular formula is C23H22N4O. The van der Waals surface area contributed by atoms with Gasteiger partial charge in [0.2, 0.25) is 5.95 Å². The molecule has 1 N–H and O–H groups in total. The molecule has 5 heteroatoms. The van der Waals surface area contributed by atoms with Crippen molar-refractivity contribution in [3.05, 3.63) is 82.5 Å². The molecule has 140 valence electrons. The Morgan fingerprint density at radius 3 is 2.21 bits per heavy atom. The van der Waals surface area contributed by atoms with Crippen LogP contribution in [-0.4, -0.2) is 9.97 Å². The van der Waals surface area contributed by atoms with E-state index in [-0.39, 0.29) is 0 Å². The molecule has 0 unspecified atom stereocenters. The van der Waals surface area contributed by atoms with E-state index in [1.807, 2.05) is 56.3 Å². The standard InChI is InChI=1S/C23H22N4O/c1-14-10-19-20(26-27-23-24-16(3)12-17(4)25-23)13-21(18-8-6-5-7-9-18)28-22(19)11-15(14)2/h5-13H,1-4H3,(H,24,25,27)/b26-20+. The highest BCUT2D eigenvalue weighted by Gasteiger charge is 2.08. The van der Waals surface area contributed by atoms with Crippen LogP contribution in [0, 0.1) is 27.7 Å². The van der Waals surface area contributed by atoms with Crippen LogP contribution in [0.5, 0.6) is 0 Å². The van der Waals surface area contributed by atoms with E-state index in [1.54, 1.807) is 0 Å². The molecular weight excluding hydrogens is 348 g/mol. The molecule has 0 fully saturated rings. The minimum Gasteiger partial charge on any atom is -0.456 e. The molecule has 28 heavy (non-hydrogen) atoms. The highest BCUT2D eigenvalue weighted by atomic mass is 16.3. The zero-order valence-corrected chi connectivity index (χ0v) is 16.4. The van der Waals surface area contributed by atoms with E-state index in [4.69, 9.17) is 4.42 Å². The average molecular weight is 370 g/mol. The Morgan fingerprint density at radius 1 is 0.821 bits per heavy atom. The minimum absolute atomic E-state index is 0.483. The summed E-state index contributed by atoms with van der Waals surface area (Å²) >= 11 is 0. The molecule has 5 nitrogen and oxygen atoms in total. The van der Waals surface area contributed by atoms with Crippen LogP contribution < -0.4 is 10.8 Å². The summed E-state index contributed by atoms with van der Waals surface area (Å²) in [4.78, 5) is 8.80. The predicted molar refractivity (Wildman–Crippen MR) is 112 cm³/mol. The summed E-state index contributed by atoms with van der Waals surface area (Å²) in [5, 5.41) is 6.34. The SMILES string of the molecule is Cc1cc(C)nc(N/N=c2\cc(-c3ccccc3)oc3cc(C)c(C)cc23)n1. The molecule has 0 spiro atoms. The zero-order chi connectivity index (χ0) is 19.7. The van der Waals surface area contributed by atoms with Crippen molar-refractivity contribution in [1.29, 1.82) is 0 Å². The number of nitrogens with zero attached hydrogens (tertiary/aromatic N) is 3. The number of aromatic nitrogens is 2. The Labute approximate surface area is 163 Å². The summed E-state index contributed by atoms with van der Waals surface area (Å²) in [6, 6.07) is 18.1. The van der Waals surface area contributed by atoms with E-state index in [9.17, 15) is 0 Å². The highest BCUT2D eigenvalue weighted by molar-refractivity contribution is 5.80. The van der Waals surface area contributed by atoms with Crippen LogP contribution in [0.2, 0.25) is 0 Å². The van der Waals surface area contributed by atoms with Crippen LogP contribution in [0.3, 0.4) is 0 Å². The van der Waals surface area contributed by atoms with Gasteiger partial charge < -0.3 is 4.42 Å². The fourth-order valence-corrected chi connectivity index (χ4v) is 3.15. The fourth-order valence-electron chi connectivity index (χ4n) is 3.15. The van der Waals surface area contributed by atoms with E-state index >= 15 is 0 Å². The fraction of sp³-hybridized carbons (Fsp3) is 0.174. The lowest BCUT2D eigenvalue weighted by molar-refractivity contribution is 0.617. The summed E-state index contributed by atoms with van der Waals surface area (Å²) in [6.07, 6.45) is 0. The number of hydrogen-bond donors (Lipinski definition) is 1. The summed E-state index contributed by atoms with van der Waals surface area (Å²) in [7, 11) is 0. The van der Waals surface area contributed by atoms with Gasteiger partial charge in [0, 0.05) is 28.4 Å². The second-order valence-corrected chi connectivity index (χ2v) is 6.99. The first kappa shape index (κ1) is 17.9. The maximum atomic E-state index is 6.20. The second-order valence-electron chi connectivity index (χ2n) is 6.99. The number of nitrogens with one attached hydrogen (secondary N) is 1. The molecule has 0 bridgehead atoms.